The summed E-state index contributed by atoms with van der Waals surface area (Å²) in [5.41, 5.74) is 0.929. The number of alkyl halides is 1. The van der Waals surface area contributed by atoms with Gasteiger partial charge in [-0.15, -0.1) is 5.10 Å². The molecule has 0 fully saturated rings. The molecule has 0 bridgehead atoms. The summed E-state index contributed by atoms with van der Waals surface area (Å²) in [7, 11) is 1.65. The van der Waals surface area contributed by atoms with Gasteiger partial charge in [0.2, 0.25) is 0 Å². The second-order valence-electron chi connectivity index (χ2n) is 3.74. The van der Waals surface area contributed by atoms with Crippen LogP contribution in [0.1, 0.15) is 17.4 Å². The van der Waals surface area contributed by atoms with Crippen molar-refractivity contribution in [2.75, 3.05) is 40.1 Å². The van der Waals surface area contributed by atoms with Gasteiger partial charge in [-0.25, -0.2) is 4.68 Å². The maximum Gasteiger partial charge on any atom is 0.0960 e. The van der Waals surface area contributed by atoms with Gasteiger partial charge >= 0.3 is 0 Å². The topological polar surface area (TPSA) is 58.4 Å². The van der Waals surface area contributed by atoms with E-state index in [0.29, 0.717) is 39.6 Å². The third-order valence-corrected chi connectivity index (χ3v) is 2.70. The lowest BCUT2D eigenvalue weighted by Crippen LogP contribution is -2.12. The zero-order valence-electron chi connectivity index (χ0n) is 10.8. The molecular weight excluding hydrogens is 302 g/mol. The fourth-order valence-corrected chi connectivity index (χ4v) is 1.44. The lowest BCUT2D eigenvalue weighted by atomic mass is 10.4. The number of rotatable bonds is 10. The van der Waals surface area contributed by atoms with Crippen molar-refractivity contribution in [2.45, 2.75) is 18.3 Å². The molecule has 0 aliphatic carbocycles. The maximum absolute atomic E-state index is 5.42. The second-order valence-corrected chi connectivity index (χ2v) is 5.11. The van der Waals surface area contributed by atoms with Crippen LogP contribution in [-0.4, -0.2) is 55.1 Å². The van der Waals surface area contributed by atoms with Gasteiger partial charge in [0.1, 0.15) is 0 Å². The molecule has 0 saturated heterocycles. The molecule has 1 unspecified atom stereocenters. The third-order valence-electron chi connectivity index (χ3n) is 2.23. The fraction of sp³-hybridized carbons (Fsp3) is 0.818. The first kappa shape index (κ1) is 15.6. The fourth-order valence-electron chi connectivity index (χ4n) is 1.23. The van der Waals surface area contributed by atoms with E-state index >= 15 is 0 Å². The number of hydrogen-bond donors (Lipinski definition) is 0. The molecule has 6 nitrogen and oxygen atoms in total. The first-order chi connectivity index (χ1) is 8.74. The molecule has 1 aromatic heterocycles. The van der Waals surface area contributed by atoms with E-state index in [0.717, 1.165) is 5.69 Å². The molecule has 0 spiro atoms. The predicted molar refractivity (Wildman–Crippen MR) is 70.9 cm³/mol. The van der Waals surface area contributed by atoms with E-state index in [2.05, 4.69) is 26.2 Å². The summed E-state index contributed by atoms with van der Waals surface area (Å²) in [6, 6.07) is 0. The van der Waals surface area contributed by atoms with Crippen LogP contribution in [-0.2, 0) is 20.8 Å². The van der Waals surface area contributed by atoms with Crippen LogP contribution in [0.2, 0.25) is 0 Å². The molecule has 0 amide bonds. The predicted octanol–water partition coefficient (Wildman–Crippen LogP) is 1.41. The van der Waals surface area contributed by atoms with Crippen molar-refractivity contribution < 1.29 is 14.2 Å². The van der Waals surface area contributed by atoms with E-state index in [1.54, 1.807) is 11.8 Å². The van der Waals surface area contributed by atoms with Crippen molar-refractivity contribution in [2.24, 2.45) is 0 Å². The van der Waals surface area contributed by atoms with E-state index in [4.69, 9.17) is 14.2 Å². The zero-order valence-corrected chi connectivity index (χ0v) is 12.4. The Hall–Kier alpha value is -0.500. The molecule has 1 heterocycles. The summed E-state index contributed by atoms with van der Waals surface area (Å²) in [6.45, 7) is 5.71. The van der Waals surface area contributed by atoms with Crippen LogP contribution in [0.25, 0.3) is 0 Å². The SMILES string of the molecule is COCCOCCOCCn1cc(C(C)Br)nn1. The number of hydrogen-bond acceptors (Lipinski definition) is 5. The van der Waals surface area contributed by atoms with E-state index in [-0.39, 0.29) is 4.83 Å². The second kappa shape index (κ2) is 9.43. The lowest BCUT2D eigenvalue weighted by molar-refractivity contribution is 0.0224. The summed E-state index contributed by atoms with van der Waals surface area (Å²) in [6.07, 6.45) is 1.91. The van der Waals surface area contributed by atoms with Gasteiger partial charge in [0.05, 0.1) is 50.1 Å². The van der Waals surface area contributed by atoms with Gasteiger partial charge in [-0.2, -0.15) is 0 Å². The van der Waals surface area contributed by atoms with E-state index in [9.17, 15) is 0 Å². The minimum Gasteiger partial charge on any atom is -0.382 e. The molecule has 7 heteroatoms. The molecule has 104 valence electrons. The number of halogens is 1. The van der Waals surface area contributed by atoms with Gasteiger partial charge in [-0.3, -0.25) is 0 Å². The first-order valence-corrected chi connectivity index (χ1v) is 6.84. The average Bonchev–Trinajstić information content (AvgIpc) is 2.81. The molecule has 1 rings (SSSR count). The van der Waals surface area contributed by atoms with E-state index in [1.165, 1.54) is 0 Å². The van der Waals surface area contributed by atoms with Crippen LogP contribution in [0.4, 0.5) is 0 Å². The molecule has 0 N–H and O–H groups in total. The highest BCUT2D eigenvalue weighted by atomic mass is 79.9. The third kappa shape index (κ3) is 6.44. The number of nitrogens with zero attached hydrogens (tertiary/aromatic N) is 3. The molecule has 0 aliphatic heterocycles. The Bertz CT molecular complexity index is 320. The van der Waals surface area contributed by atoms with Crippen molar-refractivity contribution in [3.05, 3.63) is 11.9 Å². The monoisotopic (exact) mass is 321 g/mol. The number of ether oxygens (including phenoxy) is 3. The van der Waals surface area contributed by atoms with Crippen LogP contribution in [0.5, 0.6) is 0 Å². The van der Waals surface area contributed by atoms with Gasteiger partial charge in [0, 0.05) is 13.3 Å². The molecule has 18 heavy (non-hydrogen) atoms. The highest BCUT2D eigenvalue weighted by Crippen LogP contribution is 2.17. The van der Waals surface area contributed by atoms with Gasteiger partial charge in [0.15, 0.2) is 0 Å². The Morgan fingerprint density at radius 3 is 2.50 bits per heavy atom. The average molecular weight is 322 g/mol. The summed E-state index contributed by atoms with van der Waals surface area (Å²) >= 11 is 3.44. The highest BCUT2D eigenvalue weighted by molar-refractivity contribution is 9.09. The Labute approximate surface area is 116 Å². The Morgan fingerprint density at radius 2 is 1.89 bits per heavy atom. The zero-order chi connectivity index (χ0) is 13.2. The lowest BCUT2D eigenvalue weighted by Gasteiger charge is -2.05. The Balaban J connectivity index is 2.00. The van der Waals surface area contributed by atoms with Crippen LogP contribution in [0.15, 0.2) is 6.20 Å². The van der Waals surface area contributed by atoms with Crippen molar-refractivity contribution in [3.63, 3.8) is 0 Å². The smallest absolute Gasteiger partial charge is 0.0960 e. The highest BCUT2D eigenvalue weighted by Gasteiger charge is 2.05. The molecule has 1 aromatic rings. The van der Waals surface area contributed by atoms with Gasteiger partial charge in [-0.05, 0) is 6.92 Å². The first-order valence-electron chi connectivity index (χ1n) is 5.92. The molecule has 0 saturated carbocycles. The van der Waals surface area contributed by atoms with Crippen molar-refractivity contribution in [1.29, 1.82) is 0 Å². The Morgan fingerprint density at radius 1 is 1.22 bits per heavy atom. The molecule has 0 aromatic carbocycles. The largest absolute Gasteiger partial charge is 0.382 e. The van der Waals surface area contributed by atoms with E-state index in [1.807, 2.05) is 13.1 Å². The van der Waals surface area contributed by atoms with Crippen LogP contribution in [0, 0.1) is 0 Å². The summed E-state index contributed by atoms with van der Waals surface area (Å²) in [4.78, 5) is 0.223. The van der Waals surface area contributed by atoms with Gasteiger partial charge in [0.25, 0.3) is 0 Å². The van der Waals surface area contributed by atoms with Crippen LogP contribution < -0.4 is 0 Å². The van der Waals surface area contributed by atoms with Crippen molar-refractivity contribution >= 4 is 15.9 Å². The molecule has 1 atom stereocenters. The van der Waals surface area contributed by atoms with Gasteiger partial charge < -0.3 is 14.2 Å². The number of aromatic nitrogens is 3. The summed E-state index contributed by atoms with van der Waals surface area (Å²) < 4.78 is 17.3. The normalized spacial score (nSPS) is 12.8. The summed E-state index contributed by atoms with van der Waals surface area (Å²) in [5, 5.41) is 8.04. The van der Waals surface area contributed by atoms with Crippen LogP contribution in [0.3, 0.4) is 0 Å². The van der Waals surface area contributed by atoms with Crippen molar-refractivity contribution in [3.8, 4) is 0 Å². The number of methoxy groups -OCH3 is 1. The minimum absolute atomic E-state index is 0.223. The summed E-state index contributed by atoms with van der Waals surface area (Å²) in [5.74, 6) is 0. The van der Waals surface area contributed by atoms with Crippen LogP contribution >= 0.6 is 15.9 Å². The van der Waals surface area contributed by atoms with Crippen molar-refractivity contribution in [1.82, 2.24) is 15.0 Å². The molecule has 0 radical (unpaired) electrons. The minimum atomic E-state index is 0.223. The Kier molecular flexibility index (Phi) is 8.15. The maximum atomic E-state index is 5.42. The van der Waals surface area contributed by atoms with Gasteiger partial charge in [-0.1, -0.05) is 21.1 Å². The van der Waals surface area contributed by atoms with E-state index < -0.39 is 0 Å². The quantitative estimate of drug-likeness (QED) is 0.482. The molecule has 0 aliphatic rings. The standard InChI is InChI=1S/C11H20BrN3O3/c1-10(12)11-9-15(14-13-11)3-4-17-7-8-18-6-5-16-2/h9-10H,3-8H2,1-2H3. The molecular formula is C11H20BrN3O3.